The molecule has 0 bridgehead atoms. The van der Waals surface area contributed by atoms with E-state index in [4.69, 9.17) is 4.74 Å². The normalized spacial score (nSPS) is 25.5. The summed E-state index contributed by atoms with van der Waals surface area (Å²) in [5, 5.41) is 0. The summed E-state index contributed by atoms with van der Waals surface area (Å²) in [4.78, 5) is 14.8. The van der Waals surface area contributed by atoms with Crippen LogP contribution in [0.4, 0.5) is 13.2 Å². The predicted molar refractivity (Wildman–Crippen MR) is 119 cm³/mol. The molecule has 1 aliphatic carbocycles. The number of likely N-dealkylation sites (tertiary alicyclic amines) is 1. The van der Waals surface area contributed by atoms with Crippen LogP contribution in [-0.2, 0) is 26.0 Å². The fraction of sp³-hybridized carbons (Fsp3) is 0.458. The average molecular weight is 495 g/mol. The second-order valence-electron chi connectivity index (χ2n) is 9.36. The van der Waals surface area contributed by atoms with Crippen molar-refractivity contribution in [3.05, 3.63) is 59.9 Å². The molecule has 0 unspecified atom stereocenters. The monoisotopic (exact) mass is 494 g/mol. The van der Waals surface area contributed by atoms with Gasteiger partial charge >= 0.3 is 5.76 Å². The quantitative estimate of drug-likeness (QED) is 0.641. The van der Waals surface area contributed by atoms with Crippen LogP contribution in [0.15, 0.2) is 48.5 Å². The van der Waals surface area contributed by atoms with Gasteiger partial charge in [0, 0.05) is 24.4 Å². The van der Waals surface area contributed by atoms with Gasteiger partial charge in [0.2, 0.25) is 0 Å². The Balaban J connectivity index is 1.47. The topological polar surface area (TPSA) is 75.7 Å². The van der Waals surface area contributed by atoms with Crippen LogP contribution in [0.5, 0.6) is 0 Å². The van der Waals surface area contributed by atoms with Gasteiger partial charge in [0.15, 0.2) is 0 Å². The number of nitrogens with zero attached hydrogens (tertiary/aromatic N) is 1. The molecule has 5 rings (SSSR count). The minimum absolute atomic E-state index is 0.234. The van der Waals surface area contributed by atoms with E-state index in [-0.39, 0.29) is 18.1 Å². The van der Waals surface area contributed by atoms with Gasteiger partial charge in [-0.15, -0.1) is 0 Å². The highest BCUT2D eigenvalue weighted by Gasteiger charge is 2.62. The van der Waals surface area contributed by atoms with Gasteiger partial charge in [0.05, 0.1) is 12.6 Å². The molecule has 2 saturated heterocycles. The van der Waals surface area contributed by atoms with E-state index in [0.717, 1.165) is 11.1 Å². The summed E-state index contributed by atoms with van der Waals surface area (Å²) in [6.07, 6.45) is 1.57. The molecule has 2 aliphatic heterocycles. The Morgan fingerprint density at radius 1 is 1.15 bits per heavy atom. The van der Waals surface area contributed by atoms with Crippen molar-refractivity contribution in [2.75, 3.05) is 13.2 Å². The summed E-state index contributed by atoms with van der Waals surface area (Å²) in [5.41, 5.74) is 1.68. The number of carbonyl (C=O) groups is 1. The number of hydrogen-bond donors (Lipinski definition) is 1. The number of rotatable bonds is 7. The molecule has 2 aromatic carbocycles. The van der Waals surface area contributed by atoms with Crippen molar-refractivity contribution < 1.29 is 31.1 Å². The van der Waals surface area contributed by atoms with Gasteiger partial charge in [-0.05, 0) is 48.1 Å². The molecule has 10 heteroatoms. The molecule has 34 heavy (non-hydrogen) atoms. The Kier molecular flexibility index (Phi) is 5.94. The molecule has 182 valence electrons. The van der Waals surface area contributed by atoms with Crippen molar-refractivity contribution >= 4 is 15.9 Å². The van der Waals surface area contributed by atoms with Gasteiger partial charge in [-0.1, -0.05) is 36.4 Å². The second kappa shape index (κ2) is 8.66. The largest absolute Gasteiger partial charge is 0.368 e. The standard InChI is InChI=1S/C24H25F3N2O4S/c25-18-6-2-5-17(13-18)16-4-1-3-15(11-16)12-19-21(28-34(31,32)23(26)27)24(8-9-24)14-29(19)22(30)20-7-10-33-20/h1-6,11,13,19-21,23,28H,7-10,12,14H2/t19-,20+,21+/m0/s1. The molecule has 3 aliphatic rings. The van der Waals surface area contributed by atoms with Gasteiger partial charge in [-0.25, -0.2) is 17.5 Å². The van der Waals surface area contributed by atoms with Crippen LogP contribution >= 0.6 is 0 Å². The molecular weight excluding hydrogens is 469 g/mol. The molecule has 1 amide bonds. The highest BCUT2D eigenvalue weighted by molar-refractivity contribution is 7.89. The Bertz CT molecular complexity index is 1200. The number of benzene rings is 2. The number of nitrogens with one attached hydrogen (secondary N) is 1. The highest BCUT2D eigenvalue weighted by atomic mass is 32.2. The first-order chi connectivity index (χ1) is 16.2. The Labute approximate surface area is 196 Å². The van der Waals surface area contributed by atoms with Crippen molar-refractivity contribution in [3.63, 3.8) is 0 Å². The van der Waals surface area contributed by atoms with Crippen molar-refractivity contribution in [1.82, 2.24) is 9.62 Å². The van der Waals surface area contributed by atoms with Crippen LogP contribution < -0.4 is 4.72 Å². The summed E-state index contributed by atoms with van der Waals surface area (Å²) in [6, 6.07) is 12.0. The summed E-state index contributed by atoms with van der Waals surface area (Å²) < 4.78 is 72.0. The smallest absolute Gasteiger partial charge is 0.350 e. The molecule has 3 fully saturated rings. The molecule has 1 N–H and O–H groups in total. The van der Waals surface area contributed by atoms with Gasteiger partial charge in [0.1, 0.15) is 11.9 Å². The first-order valence-corrected chi connectivity index (χ1v) is 12.8. The maximum absolute atomic E-state index is 13.7. The number of halogens is 3. The van der Waals surface area contributed by atoms with E-state index >= 15 is 0 Å². The van der Waals surface area contributed by atoms with E-state index in [1.807, 2.05) is 18.2 Å². The van der Waals surface area contributed by atoms with Crippen LogP contribution in [0.2, 0.25) is 0 Å². The van der Waals surface area contributed by atoms with Crippen molar-refractivity contribution in [2.45, 2.75) is 49.6 Å². The Morgan fingerprint density at radius 3 is 2.41 bits per heavy atom. The maximum Gasteiger partial charge on any atom is 0.350 e. The molecule has 2 aromatic rings. The van der Waals surface area contributed by atoms with Crippen molar-refractivity contribution in [2.24, 2.45) is 5.41 Å². The van der Waals surface area contributed by atoms with Crippen LogP contribution in [0.3, 0.4) is 0 Å². The number of hydrogen-bond acceptors (Lipinski definition) is 4. The molecule has 3 atom stereocenters. The zero-order chi connectivity index (χ0) is 24.1. The lowest BCUT2D eigenvalue weighted by Gasteiger charge is -2.34. The molecule has 1 spiro atoms. The van der Waals surface area contributed by atoms with Crippen LogP contribution in [-0.4, -0.2) is 56.3 Å². The van der Waals surface area contributed by atoms with Crippen LogP contribution in [0.1, 0.15) is 24.8 Å². The molecule has 0 radical (unpaired) electrons. The van der Waals surface area contributed by atoms with Crippen LogP contribution in [0.25, 0.3) is 11.1 Å². The van der Waals surface area contributed by atoms with E-state index in [0.29, 0.717) is 38.0 Å². The summed E-state index contributed by atoms with van der Waals surface area (Å²) in [7, 11) is -4.85. The second-order valence-corrected chi connectivity index (χ2v) is 11.0. The fourth-order valence-electron chi connectivity index (χ4n) is 5.08. The highest BCUT2D eigenvalue weighted by Crippen LogP contribution is 2.56. The zero-order valence-corrected chi connectivity index (χ0v) is 19.1. The third-order valence-electron chi connectivity index (χ3n) is 7.14. The number of carbonyl (C=O) groups excluding carboxylic acids is 1. The first-order valence-electron chi connectivity index (χ1n) is 11.2. The SMILES string of the molecule is O=C([C@H]1CCO1)N1CC2(CC2)[C@H](NS(=O)(=O)C(F)F)[C@@H]1Cc1cccc(-c2cccc(F)c2)c1. The zero-order valence-electron chi connectivity index (χ0n) is 18.3. The lowest BCUT2D eigenvalue weighted by atomic mass is 9.91. The fourth-order valence-corrected chi connectivity index (χ4v) is 5.94. The van der Waals surface area contributed by atoms with E-state index in [1.54, 1.807) is 23.1 Å². The van der Waals surface area contributed by atoms with Gasteiger partial charge in [-0.2, -0.15) is 8.78 Å². The third-order valence-corrected chi connectivity index (χ3v) is 8.19. The number of alkyl halides is 2. The minimum atomic E-state index is -4.85. The summed E-state index contributed by atoms with van der Waals surface area (Å²) in [5.74, 6) is -4.16. The summed E-state index contributed by atoms with van der Waals surface area (Å²) >= 11 is 0. The average Bonchev–Trinajstić information content (AvgIpc) is 3.48. The number of sulfonamides is 1. The molecular formula is C24H25F3N2O4S. The Morgan fingerprint density at radius 2 is 1.82 bits per heavy atom. The molecule has 2 heterocycles. The number of amides is 1. The van der Waals surface area contributed by atoms with Crippen molar-refractivity contribution in [1.29, 1.82) is 0 Å². The van der Waals surface area contributed by atoms with Crippen molar-refractivity contribution in [3.8, 4) is 11.1 Å². The van der Waals surface area contributed by atoms with Gasteiger partial charge in [0.25, 0.3) is 15.9 Å². The summed E-state index contributed by atoms with van der Waals surface area (Å²) in [6.45, 7) is 0.785. The van der Waals surface area contributed by atoms with E-state index < -0.39 is 39.4 Å². The van der Waals surface area contributed by atoms with E-state index in [1.165, 1.54) is 12.1 Å². The first kappa shape index (κ1) is 23.3. The van der Waals surface area contributed by atoms with E-state index in [9.17, 15) is 26.4 Å². The predicted octanol–water partition coefficient (Wildman–Crippen LogP) is 3.33. The molecule has 1 saturated carbocycles. The molecule has 0 aromatic heterocycles. The lowest BCUT2D eigenvalue weighted by Crippen LogP contribution is -2.53. The third kappa shape index (κ3) is 4.34. The Hall–Kier alpha value is -2.43. The minimum Gasteiger partial charge on any atom is -0.368 e. The van der Waals surface area contributed by atoms with Gasteiger partial charge in [-0.3, -0.25) is 4.79 Å². The molecule has 6 nitrogen and oxygen atoms in total. The maximum atomic E-state index is 13.7. The van der Waals surface area contributed by atoms with Gasteiger partial charge < -0.3 is 9.64 Å². The van der Waals surface area contributed by atoms with Crippen LogP contribution in [0, 0.1) is 11.2 Å². The number of ether oxygens (including phenoxy) is 1. The lowest BCUT2D eigenvalue weighted by molar-refractivity contribution is -0.157. The van der Waals surface area contributed by atoms with E-state index in [2.05, 4.69) is 4.72 Å².